The van der Waals surface area contributed by atoms with Gasteiger partial charge in [-0.1, -0.05) is 13.8 Å². The molecule has 0 saturated carbocycles. The highest BCUT2D eigenvalue weighted by molar-refractivity contribution is 5.79. The first-order valence-corrected chi connectivity index (χ1v) is 9.60. The molecule has 2 atom stereocenters. The van der Waals surface area contributed by atoms with E-state index < -0.39 is 0 Å². The van der Waals surface area contributed by atoms with E-state index in [0.717, 1.165) is 58.4 Å². The van der Waals surface area contributed by atoms with Gasteiger partial charge >= 0.3 is 0 Å². The molecule has 0 aliphatic carbocycles. The van der Waals surface area contributed by atoms with Gasteiger partial charge in [-0.25, -0.2) is 0 Å². The van der Waals surface area contributed by atoms with Crippen molar-refractivity contribution in [3.8, 4) is 0 Å². The number of ether oxygens (including phenoxy) is 1. The molecule has 0 bridgehead atoms. The Balaban J connectivity index is 1.72. The summed E-state index contributed by atoms with van der Waals surface area (Å²) in [7, 11) is 4.05. The van der Waals surface area contributed by atoms with Gasteiger partial charge < -0.3 is 15.0 Å². The van der Waals surface area contributed by atoms with Crippen LogP contribution in [0.2, 0.25) is 0 Å². The number of nitrogens with one attached hydrogen (secondary N) is 1. The predicted octanol–water partition coefficient (Wildman–Crippen LogP) is 0.946. The van der Waals surface area contributed by atoms with Crippen molar-refractivity contribution in [1.29, 1.82) is 0 Å². The Bertz CT molecular complexity index is 384. The van der Waals surface area contributed by atoms with Crippen LogP contribution in [0.5, 0.6) is 0 Å². The summed E-state index contributed by atoms with van der Waals surface area (Å²) in [5.74, 6) is 1.62. The van der Waals surface area contributed by atoms with Gasteiger partial charge in [-0.05, 0) is 31.8 Å². The SMILES string of the molecule is CCN1CCCC1CN(C)C(=NC)NCC(C)CN1CCOCC1. The Labute approximate surface area is 148 Å². The number of hydrogen-bond acceptors (Lipinski definition) is 4. The van der Waals surface area contributed by atoms with Gasteiger partial charge in [0.25, 0.3) is 0 Å². The van der Waals surface area contributed by atoms with Crippen molar-refractivity contribution in [3.63, 3.8) is 0 Å². The third-order valence-corrected chi connectivity index (χ3v) is 5.25. The van der Waals surface area contributed by atoms with Crippen LogP contribution in [-0.2, 0) is 4.74 Å². The standard InChI is InChI=1S/C18H37N5O/c1-5-23-8-6-7-17(23)15-21(4)18(19-3)20-13-16(2)14-22-9-11-24-12-10-22/h16-17H,5-15H2,1-4H3,(H,19,20). The van der Waals surface area contributed by atoms with Gasteiger partial charge in [-0.3, -0.25) is 14.8 Å². The first-order chi connectivity index (χ1) is 11.6. The molecular weight excluding hydrogens is 302 g/mol. The van der Waals surface area contributed by atoms with E-state index in [1.165, 1.54) is 19.4 Å². The average molecular weight is 340 g/mol. The molecule has 2 aliphatic rings. The van der Waals surface area contributed by atoms with Gasteiger partial charge in [-0.2, -0.15) is 0 Å². The normalized spacial score (nSPS) is 25.0. The van der Waals surface area contributed by atoms with Gasteiger partial charge in [0.2, 0.25) is 0 Å². The van der Waals surface area contributed by atoms with E-state index in [-0.39, 0.29) is 0 Å². The second kappa shape index (κ2) is 10.2. The van der Waals surface area contributed by atoms with Gasteiger partial charge in [0.15, 0.2) is 5.96 Å². The highest BCUT2D eigenvalue weighted by Crippen LogP contribution is 2.17. The van der Waals surface area contributed by atoms with Crippen molar-refractivity contribution >= 4 is 5.96 Å². The highest BCUT2D eigenvalue weighted by Gasteiger charge is 2.25. The summed E-state index contributed by atoms with van der Waals surface area (Å²) >= 11 is 0. The molecule has 0 aromatic carbocycles. The van der Waals surface area contributed by atoms with Crippen LogP contribution in [0.1, 0.15) is 26.7 Å². The molecule has 0 spiro atoms. The minimum atomic E-state index is 0.604. The van der Waals surface area contributed by atoms with E-state index in [4.69, 9.17) is 4.74 Å². The summed E-state index contributed by atoms with van der Waals surface area (Å²) in [4.78, 5) is 11.9. The van der Waals surface area contributed by atoms with Crippen LogP contribution >= 0.6 is 0 Å². The molecule has 6 heteroatoms. The van der Waals surface area contributed by atoms with E-state index in [1.54, 1.807) is 0 Å². The zero-order valence-corrected chi connectivity index (χ0v) is 16.1. The number of likely N-dealkylation sites (N-methyl/N-ethyl adjacent to an activating group) is 2. The van der Waals surface area contributed by atoms with Crippen LogP contribution in [0.25, 0.3) is 0 Å². The monoisotopic (exact) mass is 339 g/mol. The smallest absolute Gasteiger partial charge is 0.193 e. The second-order valence-corrected chi connectivity index (χ2v) is 7.25. The van der Waals surface area contributed by atoms with E-state index in [1.807, 2.05) is 7.05 Å². The number of morpholine rings is 1. The zero-order valence-electron chi connectivity index (χ0n) is 16.1. The van der Waals surface area contributed by atoms with E-state index in [9.17, 15) is 0 Å². The Kier molecular flexibility index (Phi) is 8.29. The molecule has 140 valence electrons. The molecule has 2 aliphatic heterocycles. The number of likely N-dealkylation sites (tertiary alicyclic amines) is 1. The molecule has 6 nitrogen and oxygen atoms in total. The van der Waals surface area contributed by atoms with Crippen LogP contribution < -0.4 is 5.32 Å². The van der Waals surface area contributed by atoms with Crippen molar-refractivity contribution in [1.82, 2.24) is 20.0 Å². The first kappa shape index (κ1) is 19.5. The van der Waals surface area contributed by atoms with Crippen LogP contribution in [0.4, 0.5) is 0 Å². The molecule has 0 aromatic rings. The van der Waals surface area contributed by atoms with Crippen LogP contribution in [0.15, 0.2) is 4.99 Å². The number of nitrogens with zero attached hydrogens (tertiary/aromatic N) is 4. The van der Waals surface area contributed by atoms with Crippen molar-refractivity contribution in [2.45, 2.75) is 32.7 Å². The van der Waals surface area contributed by atoms with Gasteiger partial charge in [0, 0.05) is 52.9 Å². The first-order valence-electron chi connectivity index (χ1n) is 9.60. The number of rotatable bonds is 7. The Morgan fingerprint density at radius 2 is 2.08 bits per heavy atom. The van der Waals surface area contributed by atoms with Crippen molar-refractivity contribution in [2.24, 2.45) is 10.9 Å². The molecule has 1 N–H and O–H groups in total. The molecule has 24 heavy (non-hydrogen) atoms. The topological polar surface area (TPSA) is 43.3 Å². The maximum absolute atomic E-state index is 5.42. The molecule has 0 amide bonds. The maximum atomic E-state index is 5.42. The third-order valence-electron chi connectivity index (χ3n) is 5.25. The zero-order chi connectivity index (χ0) is 17.4. The highest BCUT2D eigenvalue weighted by atomic mass is 16.5. The molecule has 2 heterocycles. The molecule has 2 unspecified atom stereocenters. The fourth-order valence-corrected chi connectivity index (χ4v) is 3.86. The molecule has 2 rings (SSSR count). The van der Waals surface area contributed by atoms with E-state index >= 15 is 0 Å². The summed E-state index contributed by atoms with van der Waals surface area (Å²) in [6, 6.07) is 0.671. The lowest BCUT2D eigenvalue weighted by Crippen LogP contribution is -2.47. The molecule has 2 saturated heterocycles. The summed E-state index contributed by atoms with van der Waals surface area (Å²) < 4.78 is 5.42. The Hall–Kier alpha value is -0.850. The van der Waals surface area contributed by atoms with Gasteiger partial charge in [0.05, 0.1) is 13.2 Å². The summed E-state index contributed by atoms with van der Waals surface area (Å²) in [6.07, 6.45) is 2.64. The van der Waals surface area contributed by atoms with Crippen molar-refractivity contribution < 1.29 is 4.74 Å². The fraction of sp³-hybridized carbons (Fsp3) is 0.944. The lowest BCUT2D eigenvalue weighted by molar-refractivity contribution is 0.0320. The average Bonchev–Trinajstić information content (AvgIpc) is 3.03. The van der Waals surface area contributed by atoms with E-state index in [2.05, 4.69) is 45.9 Å². The lowest BCUT2D eigenvalue weighted by Gasteiger charge is -2.31. The minimum absolute atomic E-state index is 0.604. The lowest BCUT2D eigenvalue weighted by atomic mass is 10.1. The summed E-state index contributed by atoms with van der Waals surface area (Å²) in [5.41, 5.74) is 0. The van der Waals surface area contributed by atoms with Gasteiger partial charge in [-0.15, -0.1) is 0 Å². The van der Waals surface area contributed by atoms with Crippen LogP contribution in [0, 0.1) is 5.92 Å². The predicted molar refractivity (Wildman–Crippen MR) is 101 cm³/mol. The minimum Gasteiger partial charge on any atom is -0.379 e. The molecule has 2 fully saturated rings. The maximum Gasteiger partial charge on any atom is 0.193 e. The van der Waals surface area contributed by atoms with Crippen molar-refractivity contribution in [2.75, 3.05) is 73.1 Å². The summed E-state index contributed by atoms with van der Waals surface area (Å²) in [6.45, 7) is 14.0. The second-order valence-electron chi connectivity index (χ2n) is 7.25. The molecule has 0 radical (unpaired) electrons. The summed E-state index contributed by atoms with van der Waals surface area (Å²) in [5, 5.41) is 3.56. The van der Waals surface area contributed by atoms with Crippen molar-refractivity contribution in [3.05, 3.63) is 0 Å². The number of hydrogen-bond donors (Lipinski definition) is 1. The quantitative estimate of drug-likeness (QED) is 0.552. The van der Waals surface area contributed by atoms with Crippen LogP contribution in [-0.4, -0.2) is 99.8 Å². The Morgan fingerprint density at radius 1 is 1.33 bits per heavy atom. The largest absolute Gasteiger partial charge is 0.379 e. The van der Waals surface area contributed by atoms with Gasteiger partial charge in [0.1, 0.15) is 0 Å². The van der Waals surface area contributed by atoms with Crippen LogP contribution in [0.3, 0.4) is 0 Å². The Morgan fingerprint density at radius 3 is 2.75 bits per heavy atom. The van der Waals surface area contributed by atoms with E-state index in [0.29, 0.717) is 12.0 Å². The molecular formula is C18H37N5O. The number of aliphatic imine (C=N–C) groups is 1. The number of guanidine groups is 1. The molecule has 0 aromatic heterocycles. The third kappa shape index (κ3) is 5.90. The fourth-order valence-electron chi connectivity index (χ4n) is 3.86.